The molecule has 3 N–H and O–H groups in total. The molecule has 0 radical (unpaired) electrons. The molecule has 0 fully saturated rings. The highest BCUT2D eigenvalue weighted by atomic mass is 16.3. The van der Waals surface area contributed by atoms with Gasteiger partial charge in [0.1, 0.15) is 0 Å². The van der Waals surface area contributed by atoms with Crippen LogP contribution in [0.4, 0.5) is 0 Å². The summed E-state index contributed by atoms with van der Waals surface area (Å²) in [7, 11) is 0. The average molecular weight is 217 g/mol. The maximum Gasteiger partial charge on any atom is 0.0555 e. The lowest BCUT2D eigenvalue weighted by molar-refractivity contribution is 0.282. The van der Waals surface area contributed by atoms with Crippen molar-refractivity contribution in [3.05, 3.63) is 0 Å². The monoisotopic (exact) mass is 217 g/mol. The van der Waals surface area contributed by atoms with Crippen molar-refractivity contribution >= 4 is 0 Å². The molecule has 0 aliphatic carbocycles. The van der Waals surface area contributed by atoms with E-state index in [0.717, 1.165) is 19.5 Å². The molecule has 0 atom stereocenters. The number of hydrogen-bond donors (Lipinski definition) is 3. The summed E-state index contributed by atoms with van der Waals surface area (Å²) in [4.78, 5) is 0. The Labute approximate surface area is 93.9 Å². The van der Waals surface area contributed by atoms with Gasteiger partial charge in [0, 0.05) is 13.2 Å². The summed E-state index contributed by atoms with van der Waals surface area (Å²) in [6.07, 6.45) is 9.87. The van der Waals surface area contributed by atoms with Crippen LogP contribution in [0, 0.1) is 0 Å². The second-order valence-corrected chi connectivity index (χ2v) is 4.03. The summed E-state index contributed by atoms with van der Waals surface area (Å²) in [6, 6.07) is 0. The van der Waals surface area contributed by atoms with Gasteiger partial charge in [0.15, 0.2) is 0 Å². The van der Waals surface area contributed by atoms with Gasteiger partial charge in [-0.3, -0.25) is 0 Å². The zero-order chi connectivity index (χ0) is 11.2. The lowest BCUT2D eigenvalue weighted by Crippen LogP contribution is -2.19. The first-order valence-electron chi connectivity index (χ1n) is 6.34. The molecular formula is C12H27NO2. The molecule has 3 nitrogen and oxygen atoms in total. The lowest BCUT2D eigenvalue weighted by Gasteiger charge is -2.03. The molecule has 0 aliphatic rings. The van der Waals surface area contributed by atoms with Crippen LogP contribution in [0.1, 0.15) is 51.4 Å². The van der Waals surface area contributed by atoms with E-state index in [0.29, 0.717) is 6.61 Å². The molecule has 0 heterocycles. The predicted octanol–water partition coefficient (Wildman–Crippen LogP) is 1.68. The molecule has 0 aromatic heterocycles. The van der Waals surface area contributed by atoms with E-state index < -0.39 is 0 Å². The summed E-state index contributed by atoms with van der Waals surface area (Å²) < 4.78 is 0. The Hall–Kier alpha value is -0.120. The maximum absolute atomic E-state index is 8.59. The lowest BCUT2D eigenvalue weighted by atomic mass is 10.1. The van der Waals surface area contributed by atoms with Gasteiger partial charge in [0.25, 0.3) is 0 Å². The highest BCUT2D eigenvalue weighted by molar-refractivity contribution is 4.49. The molecule has 0 aromatic rings. The summed E-state index contributed by atoms with van der Waals surface area (Å²) >= 11 is 0. The normalized spacial score (nSPS) is 10.8. The van der Waals surface area contributed by atoms with Crippen LogP contribution in [0.15, 0.2) is 0 Å². The fourth-order valence-corrected chi connectivity index (χ4v) is 1.63. The van der Waals surface area contributed by atoms with Crippen molar-refractivity contribution in [2.45, 2.75) is 51.4 Å². The summed E-state index contributed by atoms with van der Waals surface area (Å²) in [5.41, 5.74) is 0. The van der Waals surface area contributed by atoms with Crippen molar-refractivity contribution in [3.63, 3.8) is 0 Å². The third kappa shape index (κ3) is 13.9. The minimum atomic E-state index is 0.241. The third-order valence-electron chi connectivity index (χ3n) is 2.55. The molecule has 0 aliphatic heterocycles. The molecule has 0 saturated heterocycles. The van der Waals surface area contributed by atoms with Gasteiger partial charge >= 0.3 is 0 Å². The van der Waals surface area contributed by atoms with Crippen LogP contribution >= 0.6 is 0 Å². The van der Waals surface area contributed by atoms with Gasteiger partial charge < -0.3 is 15.5 Å². The molecule has 0 bridgehead atoms. The van der Waals surface area contributed by atoms with Crippen LogP contribution in [0.3, 0.4) is 0 Å². The molecular weight excluding hydrogens is 190 g/mol. The van der Waals surface area contributed by atoms with E-state index in [2.05, 4.69) is 5.32 Å². The first kappa shape index (κ1) is 14.9. The summed E-state index contributed by atoms with van der Waals surface area (Å²) in [6.45, 7) is 2.34. The summed E-state index contributed by atoms with van der Waals surface area (Å²) in [5, 5.41) is 20.3. The molecule has 0 rings (SSSR count). The minimum Gasteiger partial charge on any atom is -0.396 e. The van der Waals surface area contributed by atoms with E-state index in [1.807, 2.05) is 0 Å². The molecule has 3 heteroatoms. The number of unbranched alkanes of at least 4 members (excludes halogenated alkanes) is 7. The highest BCUT2D eigenvalue weighted by Crippen LogP contribution is 2.07. The molecule has 0 saturated carbocycles. The Bertz CT molecular complexity index is 97.8. The van der Waals surface area contributed by atoms with Gasteiger partial charge in [-0.2, -0.15) is 0 Å². The van der Waals surface area contributed by atoms with E-state index >= 15 is 0 Å². The molecule has 15 heavy (non-hydrogen) atoms. The van der Waals surface area contributed by atoms with Gasteiger partial charge in [-0.1, -0.05) is 38.5 Å². The Balaban J connectivity index is 2.81. The first-order valence-corrected chi connectivity index (χ1v) is 6.34. The van der Waals surface area contributed by atoms with Crippen molar-refractivity contribution in [2.75, 3.05) is 26.3 Å². The Morgan fingerprint density at radius 3 is 1.60 bits per heavy atom. The van der Waals surface area contributed by atoms with Crippen LogP contribution in [-0.4, -0.2) is 36.5 Å². The van der Waals surface area contributed by atoms with Crippen molar-refractivity contribution in [1.82, 2.24) is 5.32 Å². The number of aliphatic hydroxyl groups is 2. The topological polar surface area (TPSA) is 52.5 Å². The van der Waals surface area contributed by atoms with Crippen LogP contribution in [-0.2, 0) is 0 Å². The fraction of sp³-hybridized carbons (Fsp3) is 1.00. The van der Waals surface area contributed by atoms with Crippen molar-refractivity contribution in [1.29, 1.82) is 0 Å². The zero-order valence-corrected chi connectivity index (χ0v) is 9.88. The number of rotatable bonds is 12. The second kappa shape index (κ2) is 13.9. The molecule has 92 valence electrons. The molecule has 0 amide bonds. The van der Waals surface area contributed by atoms with Crippen molar-refractivity contribution in [2.24, 2.45) is 0 Å². The van der Waals surface area contributed by atoms with Crippen molar-refractivity contribution in [3.8, 4) is 0 Å². The van der Waals surface area contributed by atoms with Crippen LogP contribution in [0.5, 0.6) is 0 Å². The van der Waals surface area contributed by atoms with E-state index in [-0.39, 0.29) is 6.61 Å². The maximum atomic E-state index is 8.59. The Morgan fingerprint density at radius 2 is 1.07 bits per heavy atom. The van der Waals surface area contributed by atoms with Gasteiger partial charge in [0.2, 0.25) is 0 Å². The SMILES string of the molecule is OCCCCCCCCCCNCCO. The predicted molar refractivity (Wildman–Crippen MR) is 64.0 cm³/mol. The van der Waals surface area contributed by atoms with Gasteiger partial charge in [-0.05, 0) is 19.4 Å². The minimum absolute atomic E-state index is 0.241. The number of nitrogens with one attached hydrogen (secondary N) is 1. The number of aliphatic hydroxyl groups excluding tert-OH is 2. The fourth-order valence-electron chi connectivity index (χ4n) is 1.63. The third-order valence-corrected chi connectivity index (χ3v) is 2.55. The zero-order valence-electron chi connectivity index (χ0n) is 9.88. The van der Waals surface area contributed by atoms with E-state index in [1.165, 1.54) is 44.9 Å². The Kier molecular flexibility index (Phi) is 13.8. The molecule has 0 unspecified atom stereocenters. The summed E-state index contributed by atoms with van der Waals surface area (Å²) in [5.74, 6) is 0. The van der Waals surface area contributed by atoms with Gasteiger partial charge in [0.05, 0.1) is 6.61 Å². The largest absolute Gasteiger partial charge is 0.396 e. The molecule has 0 aromatic carbocycles. The van der Waals surface area contributed by atoms with Crippen LogP contribution < -0.4 is 5.32 Å². The second-order valence-electron chi connectivity index (χ2n) is 4.03. The van der Waals surface area contributed by atoms with E-state index in [9.17, 15) is 0 Å². The van der Waals surface area contributed by atoms with Crippen molar-refractivity contribution < 1.29 is 10.2 Å². The standard InChI is InChI=1S/C12H27NO2/c14-11-8-6-4-2-1-3-5-7-9-13-10-12-15/h13-15H,1-12H2. The van der Waals surface area contributed by atoms with Crippen LogP contribution in [0.25, 0.3) is 0 Å². The van der Waals surface area contributed by atoms with Gasteiger partial charge in [-0.15, -0.1) is 0 Å². The quantitative estimate of drug-likeness (QED) is 0.436. The number of hydrogen-bond acceptors (Lipinski definition) is 3. The average Bonchev–Trinajstić information content (AvgIpc) is 2.26. The smallest absolute Gasteiger partial charge is 0.0555 e. The van der Waals surface area contributed by atoms with E-state index in [1.54, 1.807) is 0 Å². The first-order chi connectivity index (χ1) is 7.41. The van der Waals surface area contributed by atoms with E-state index in [4.69, 9.17) is 10.2 Å². The Morgan fingerprint density at radius 1 is 0.533 bits per heavy atom. The van der Waals surface area contributed by atoms with Gasteiger partial charge in [-0.25, -0.2) is 0 Å². The highest BCUT2D eigenvalue weighted by Gasteiger charge is 1.92. The van der Waals surface area contributed by atoms with Crippen LogP contribution in [0.2, 0.25) is 0 Å². The molecule has 0 spiro atoms.